The molecule has 0 heterocycles. The average molecular weight is 322 g/mol. The van der Waals surface area contributed by atoms with E-state index in [0.29, 0.717) is 15.6 Å². The maximum absolute atomic E-state index is 12.4. The molecule has 0 aromatic heterocycles. The quantitative estimate of drug-likeness (QED) is 0.884. The molecular formula is C17H17Cl2NO. The Morgan fingerprint density at radius 1 is 1.05 bits per heavy atom. The zero-order valence-corrected chi connectivity index (χ0v) is 13.2. The molecule has 0 radical (unpaired) electrons. The van der Waals surface area contributed by atoms with Gasteiger partial charge < -0.3 is 5.73 Å². The Kier molecular flexibility index (Phi) is 5.40. The smallest absolute Gasteiger partial charge is 0.142 e. The lowest BCUT2D eigenvalue weighted by Crippen LogP contribution is -2.27. The molecule has 4 heteroatoms. The van der Waals surface area contributed by atoms with E-state index in [2.05, 4.69) is 0 Å². The van der Waals surface area contributed by atoms with E-state index in [1.807, 2.05) is 37.3 Å². The van der Waals surface area contributed by atoms with Gasteiger partial charge in [0, 0.05) is 28.4 Å². The minimum absolute atomic E-state index is 0.0290. The predicted octanol–water partition coefficient (Wildman–Crippen LogP) is 4.44. The molecule has 2 unspecified atom stereocenters. The summed E-state index contributed by atoms with van der Waals surface area (Å²) in [6.07, 6.45) is 0.195. The molecule has 0 saturated heterocycles. The van der Waals surface area contributed by atoms with Gasteiger partial charge in [-0.05, 0) is 23.3 Å². The van der Waals surface area contributed by atoms with Crippen LogP contribution in [0.1, 0.15) is 24.1 Å². The largest absolute Gasteiger partial charge is 0.323 e. The van der Waals surface area contributed by atoms with Gasteiger partial charge in [-0.3, -0.25) is 4.79 Å². The molecule has 0 aliphatic carbocycles. The second-order valence-electron chi connectivity index (χ2n) is 5.07. The van der Waals surface area contributed by atoms with Crippen molar-refractivity contribution in [3.8, 4) is 0 Å². The van der Waals surface area contributed by atoms with Crippen molar-refractivity contribution >= 4 is 29.0 Å². The highest BCUT2D eigenvalue weighted by molar-refractivity contribution is 6.36. The lowest BCUT2D eigenvalue weighted by molar-refractivity contribution is -0.122. The van der Waals surface area contributed by atoms with Gasteiger partial charge in [-0.15, -0.1) is 0 Å². The molecule has 2 nitrogen and oxygen atoms in total. The molecule has 0 aliphatic rings. The van der Waals surface area contributed by atoms with Crippen LogP contribution in [0.3, 0.4) is 0 Å². The third-order valence-corrected chi connectivity index (χ3v) is 4.35. The van der Waals surface area contributed by atoms with Crippen LogP contribution in [-0.4, -0.2) is 5.78 Å². The number of benzene rings is 2. The summed E-state index contributed by atoms with van der Waals surface area (Å²) in [5.74, 6) is -0.277. The topological polar surface area (TPSA) is 43.1 Å². The summed E-state index contributed by atoms with van der Waals surface area (Å²) in [7, 11) is 0. The number of halogens is 2. The summed E-state index contributed by atoms with van der Waals surface area (Å²) in [5, 5.41) is 1.02. The standard InChI is InChI=1S/C17H17Cl2NO/c1-11(17(20)12-6-3-2-4-7-12)16(21)10-13-14(18)8-5-9-15(13)19/h2-9,11,17H,10,20H2,1H3. The van der Waals surface area contributed by atoms with Crippen LogP contribution < -0.4 is 5.73 Å². The molecule has 0 saturated carbocycles. The van der Waals surface area contributed by atoms with Gasteiger partial charge in [-0.2, -0.15) is 0 Å². The zero-order valence-electron chi connectivity index (χ0n) is 11.7. The fourth-order valence-corrected chi connectivity index (χ4v) is 2.73. The first-order valence-corrected chi connectivity index (χ1v) is 7.52. The van der Waals surface area contributed by atoms with Crippen LogP contribution in [0.15, 0.2) is 48.5 Å². The van der Waals surface area contributed by atoms with E-state index >= 15 is 0 Å². The number of ketones is 1. The lowest BCUT2D eigenvalue weighted by atomic mass is 9.89. The highest BCUT2D eigenvalue weighted by atomic mass is 35.5. The Hall–Kier alpha value is -1.35. The van der Waals surface area contributed by atoms with E-state index in [0.717, 1.165) is 5.56 Å². The maximum atomic E-state index is 12.4. The minimum atomic E-state index is -0.333. The summed E-state index contributed by atoms with van der Waals surface area (Å²) in [6, 6.07) is 14.5. The fraction of sp³-hybridized carbons (Fsp3) is 0.235. The molecule has 0 fully saturated rings. The van der Waals surface area contributed by atoms with Crippen LogP contribution in [0, 0.1) is 5.92 Å². The Labute approximate surface area is 134 Å². The summed E-state index contributed by atoms with van der Waals surface area (Å²) >= 11 is 12.2. The summed E-state index contributed by atoms with van der Waals surface area (Å²) in [6.45, 7) is 1.84. The fourth-order valence-electron chi connectivity index (χ4n) is 2.20. The highest BCUT2D eigenvalue weighted by Gasteiger charge is 2.23. The molecule has 0 aliphatic heterocycles. The Morgan fingerprint density at radius 3 is 2.19 bits per heavy atom. The molecule has 2 N–H and O–H groups in total. The van der Waals surface area contributed by atoms with Crippen molar-refractivity contribution in [3.05, 3.63) is 69.7 Å². The highest BCUT2D eigenvalue weighted by Crippen LogP contribution is 2.27. The minimum Gasteiger partial charge on any atom is -0.323 e. The second-order valence-corrected chi connectivity index (χ2v) is 5.88. The number of Topliss-reactive ketones (excluding diaryl/α,β-unsaturated/α-hetero) is 1. The van der Waals surface area contributed by atoms with Crippen molar-refractivity contribution in [1.82, 2.24) is 0 Å². The van der Waals surface area contributed by atoms with Crippen LogP contribution in [-0.2, 0) is 11.2 Å². The van der Waals surface area contributed by atoms with Gasteiger partial charge in [0.1, 0.15) is 5.78 Å². The van der Waals surface area contributed by atoms with E-state index in [-0.39, 0.29) is 24.2 Å². The van der Waals surface area contributed by atoms with Crippen molar-refractivity contribution in [2.45, 2.75) is 19.4 Å². The van der Waals surface area contributed by atoms with Crippen molar-refractivity contribution in [2.24, 2.45) is 11.7 Å². The van der Waals surface area contributed by atoms with E-state index in [4.69, 9.17) is 28.9 Å². The number of carbonyl (C=O) groups is 1. The van der Waals surface area contributed by atoms with Gasteiger partial charge in [0.25, 0.3) is 0 Å². The summed E-state index contributed by atoms with van der Waals surface area (Å²) < 4.78 is 0. The molecule has 0 bridgehead atoms. The number of nitrogens with two attached hydrogens (primary N) is 1. The Bertz CT molecular complexity index is 608. The second kappa shape index (κ2) is 7.08. The summed E-state index contributed by atoms with van der Waals surface area (Å²) in [5.41, 5.74) is 7.79. The van der Waals surface area contributed by atoms with Gasteiger partial charge in [-0.1, -0.05) is 66.5 Å². The summed E-state index contributed by atoms with van der Waals surface area (Å²) in [4.78, 5) is 12.4. The molecule has 21 heavy (non-hydrogen) atoms. The first-order valence-electron chi connectivity index (χ1n) is 6.77. The SMILES string of the molecule is CC(C(=O)Cc1c(Cl)cccc1Cl)C(N)c1ccccc1. The van der Waals surface area contributed by atoms with E-state index in [1.165, 1.54) is 0 Å². The molecule has 2 rings (SSSR count). The normalized spacial score (nSPS) is 13.7. The van der Waals surface area contributed by atoms with Crippen LogP contribution in [0.2, 0.25) is 10.0 Å². The first-order chi connectivity index (χ1) is 10.0. The maximum Gasteiger partial charge on any atom is 0.142 e. The van der Waals surface area contributed by atoms with Gasteiger partial charge >= 0.3 is 0 Å². The van der Waals surface area contributed by atoms with E-state index in [1.54, 1.807) is 18.2 Å². The van der Waals surface area contributed by atoms with Crippen molar-refractivity contribution in [3.63, 3.8) is 0 Å². The number of rotatable bonds is 5. The molecule has 2 aromatic rings. The lowest BCUT2D eigenvalue weighted by Gasteiger charge is -2.19. The van der Waals surface area contributed by atoms with Gasteiger partial charge in [0.2, 0.25) is 0 Å². The van der Waals surface area contributed by atoms with Crippen LogP contribution in [0.5, 0.6) is 0 Å². The monoisotopic (exact) mass is 321 g/mol. The van der Waals surface area contributed by atoms with Crippen LogP contribution in [0.4, 0.5) is 0 Å². The van der Waals surface area contributed by atoms with Crippen LogP contribution >= 0.6 is 23.2 Å². The number of carbonyl (C=O) groups excluding carboxylic acids is 1. The molecule has 110 valence electrons. The molecule has 2 aromatic carbocycles. The zero-order chi connectivity index (χ0) is 15.4. The van der Waals surface area contributed by atoms with Gasteiger partial charge in [0.15, 0.2) is 0 Å². The number of hydrogen-bond acceptors (Lipinski definition) is 2. The third-order valence-electron chi connectivity index (χ3n) is 3.64. The Morgan fingerprint density at radius 2 is 1.62 bits per heavy atom. The molecule has 2 atom stereocenters. The molecule has 0 amide bonds. The molecule has 0 spiro atoms. The van der Waals surface area contributed by atoms with E-state index in [9.17, 15) is 4.79 Å². The Balaban J connectivity index is 2.13. The van der Waals surface area contributed by atoms with Crippen molar-refractivity contribution < 1.29 is 4.79 Å². The predicted molar refractivity (Wildman–Crippen MR) is 87.7 cm³/mol. The third kappa shape index (κ3) is 3.85. The molecular weight excluding hydrogens is 305 g/mol. The number of hydrogen-bond donors (Lipinski definition) is 1. The van der Waals surface area contributed by atoms with Crippen molar-refractivity contribution in [1.29, 1.82) is 0 Å². The first kappa shape index (κ1) is 16.0. The van der Waals surface area contributed by atoms with Gasteiger partial charge in [0.05, 0.1) is 0 Å². The van der Waals surface area contributed by atoms with E-state index < -0.39 is 0 Å². The van der Waals surface area contributed by atoms with Crippen molar-refractivity contribution in [2.75, 3.05) is 0 Å². The van der Waals surface area contributed by atoms with Gasteiger partial charge in [-0.25, -0.2) is 0 Å². The average Bonchev–Trinajstić information content (AvgIpc) is 2.50. The van der Waals surface area contributed by atoms with Crippen LogP contribution in [0.25, 0.3) is 0 Å².